The van der Waals surface area contributed by atoms with Gasteiger partial charge >= 0.3 is 0 Å². The van der Waals surface area contributed by atoms with E-state index in [0.29, 0.717) is 6.04 Å². The van der Waals surface area contributed by atoms with Crippen molar-refractivity contribution in [1.29, 1.82) is 0 Å². The van der Waals surface area contributed by atoms with Gasteiger partial charge in [0.2, 0.25) is 0 Å². The third-order valence-electron chi connectivity index (χ3n) is 4.82. The number of nitrogens with one attached hydrogen (secondary N) is 1. The van der Waals surface area contributed by atoms with Crippen molar-refractivity contribution in [2.75, 3.05) is 0 Å². The first kappa shape index (κ1) is 11.8. The molecule has 1 aromatic rings. The van der Waals surface area contributed by atoms with Crippen LogP contribution in [0.4, 0.5) is 0 Å². The Bertz CT molecular complexity index is 480. The lowest BCUT2D eigenvalue weighted by Gasteiger charge is -2.23. The molecule has 2 nitrogen and oxygen atoms in total. The van der Waals surface area contributed by atoms with Gasteiger partial charge < -0.3 is 5.32 Å². The number of hydrogen-bond donors (Lipinski definition) is 1. The SMILES string of the molecule is Cc1ccc(C(=O)N[C@H]2C[C@H]3CC[C@@H]2C3)cc1C. The van der Waals surface area contributed by atoms with Gasteiger partial charge in [-0.2, -0.15) is 0 Å². The molecule has 0 radical (unpaired) electrons. The number of carbonyl (C=O) groups is 1. The molecule has 2 aliphatic carbocycles. The molecule has 0 unspecified atom stereocenters. The summed E-state index contributed by atoms with van der Waals surface area (Å²) in [7, 11) is 0. The minimum atomic E-state index is 0.107. The quantitative estimate of drug-likeness (QED) is 0.849. The monoisotopic (exact) mass is 243 g/mol. The first-order valence-corrected chi connectivity index (χ1v) is 7.01. The molecular weight excluding hydrogens is 222 g/mol. The van der Waals surface area contributed by atoms with Gasteiger partial charge in [-0.3, -0.25) is 4.79 Å². The van der Waals surface area contributed by atoms with Crippen LogP contribution in [0.15, 0.2) is 18.2 Å². The first-order chi connectivity index (χ1) is 8.63. The minimum Gasteiger partial charge on any atom is -0.349 e. The number of hydrogen-bond acceptors (Lipinski definition) is 1. The van der Waals surface area contributed by atoms with E-state index in [4.69, 9.17) is 0 Å². The fourth-order valence-electron chi connectivity index (χ4n) is 3.56. The third-order valence-corrected chi connectivity index (χ3v) is 4.82. The van der Waals surface area contributed by atoms with Gasteiger partial charge in [-0.15, -0.1) is 0 Å². The molecule has 1 aromatic carbocycles. The summed E-state index contributed by atoms with van der Waals surface area (Å²) in [6.07, 6.45) is 5.21. The van der Waals surface area contributed by atoms with Crippen LogP contribution in [-0.4, -0.2) is 11.9 Å². The summed E-state index contributed by atoms with van der Waals surface area (Å²) < 4.78 is 0. The largest absolute Gasteiger partial charge is 0.349 e. The molecule has 96 valence electrons. The van der Waals surface area contributed by atoms with Crippen LogP contribution in [0.3, 0.4) is 0 Å². The Morgan fingerprint density at radius 3 is 2.61 bits per heavy atom. The summed E-state index contributed by atoms with van der Waals surface area (Å²) in [6.45, 7) is 4.14. The highest BCUT2D eigenvalue weighted by molar-refractivity contribution is 5.94. The lowest BCUT2D eigenvalue weighted by atomic mass is 9.95. The van der Waals surface area contributed by atoms with E-state index >= 15 is 0 Å². The Balaban J connectivity index is 1.69. The van der Waals surface area contributed by atoms with Gasteiger partial charge in [0, 0.05) is 11.6 Å². The van der Waals surface area contributed by atoms with E-state index < -0.39 is 0 Å². The van der Waals surface area contributed by atoms with Gasteiger partial charge in [0.05, 0.1) is 0 Å². The number of aryl methyl sites for hydroxylation is 2. The number of fused-ring (bicyclic) bond motifs is 2. The van der Waals surface area contributed by atoms with Crippen LogP contribution >= 0.6 is 0 Å². The predicted octanol–water partition coefficient (Wildman–Crippen LogP) is 3.22. The second-order valence-electron chi connectivity index (χ2n) is 6.05. The summed E-state index contributed by atoms with van der Waals surface area (Å²) in [4.78, 5) is 12.2. The summed E-state index contributed by atoms with van der Waals surface area (Å²) in [5.74, 6) is 1.72. The zero-order chi connectivity index (χ0) is 12.7. The van der Waals surface area contributed by atoms with Gasteiger partial charge in [0.1, 0.15) is 0 Å². The molecule has 2 bridgehead atoms. The number of carbonyl (C=O) groups excluding carboxylic acids is 1. The molecule has 2 aliphatic rings. The van der Waals surface area contributed by atoms with Crippen LogP contribution in [0.2, 0.25) is 0 Å². The van der Waals surface area contributed by atoms with Gasteiger partial charge in [0.25, 0.3) is 5.91 Å². The maximum atomic E-state index is 12.2. The zero-order valence-electron chi connectivity index (χ0n) is 11.2. The molecule has 18 heavy (non-hydrogen) atoms. The Labute approximate surface area is 109 Å². The Kier molecular flexibility index (Phi) is 2.89. The Hall–Kier alpha value is -1.31. The second kappa shape index (κ2) is 4.42. The van der Waals surface area contributed by atoms with Crippen molar-refractivity contribution >= 4 is 5.91 Å². The van der Waals surface area contributed by atoms with E-state index in [-0.39, 0.29) is 5.91 Å². The molecule has 3 rings (SSSR count). The molecule has 2 fully saturated rings. The molecule has 2 saturated carbocycles. The molecule has 2 heteroatoms. The van der Waals surface area contributed by atoms with Crippen LogP contribution < -0.4 is 5.32 Å². The lowest BCUT2D eigenvalue weighted by Crippen LogP contribution is -2.38. The van der Waals surface area contributed by atoms with E-state index in [1.807, 2.05) is 18.2 Å². The summed E-state index contributed by atoms with van der Waals surface area (Å²) >= 11 is 0. The highest BCUT2D eigenvalue weighted by Gasteiger charge is 2.40. The van der Waals surface area contributed by atoms with Crippen molar-refractivity contribution in [1.82, 2.24) is 5.32 Å². The highest BCUT2D eigenvalue weighted by atomic mass is 16.1. The molecule has 0 spiro atoms. The van der Waals surface area contributed by atoms with Gasteiger partial charge in [0.15, 0.2) is 0 Å². The average Bonchev–Trinajstić information content (AvgIpc) is 2.94. The predicted molar refractivity (Wildman–Crippen MR) is 72.6 cm³/mol. The van der Waals surface area contributed by atoms with E-state index in [2.05, 4.69) is 19.2 Å². The van der Waals surface area contributed by atoms with E-state index in [9.17, 15) is 4.79 Å². The second-order valence-corrected chi connectivity index (χ2v) is 6.05. The molecule has 0 aromatic heterocycles. The van der Waals surface area contributed by atoms with E-state index in [1.54, 1.807) is 0 Å². The molecule has 0 aliphatic heterocycles. The topological polar surface area (TPSA) is 29.1 Å². The average molecular weight is 243 g/mol. The van der Waals surface area contributed by atoms with Crippen molar-refractivity contribution in [2.45, 2.75) is 45.6 Å². The fourth-order valence-corrected chi connectivity index (χ4v) is 3.56. The maximum Gasteiger partial charge on any atom is 0.251 e. The van der Waals surface area contributed by atoms with Crippen LogP contribution in [0.5, 0.6) is 0 Å². The number of benzene rings is 1. The summed E-state index contributed by atoms with van der Waals surface area (Å²) in [6, 6.07) is 6.39. The molecule has 3 atom stereocenters. The molecular formula is C16H21NO. The minimum absolute atomic E-state index is 0.107. The van der Waals surface area contributed by atoms with Crippen molar-refractivity contribution in [3.63, 3.8) is 0 Å². The first-order valence-electron chi connectivity index (χ1n) is 7.01. The number of amides is 1. The molecule has 1 amide bonds. The van der Waals surface area contributed by atoms with Gasteiger partial charge in [-0.05, 0) is 68.2 Å². The van der Waals surface area contributed by atoms with Gasteiger partial charge in [-0.25, -0.2) is 0 Å². The van der Waals surface area contributed by atoms with Crippen molar-refractivity contribution < 1.29 is 4.79 Å². The Morgan fingerprint density at radius 1 is 1.17 bits per heavy atom. The lowest BCUT2D eigenvalue weighted by molar-refractivity contribution is 0.0923. The Morgan fingerprint density at radius 2 is 2.00 bits per heavy atom. The van der Waals surface area contributed by atoms with Crippen LogP contribution in [-0.2, 0) is 0 Å². The normalized spacial score (nSPS) is 29.6. The standard InChI is InChI=1S/C16H21NO/c1-10-3-5-14(7-11(10)2)16(18)17-15-9-12-4-6-13(15)8-12/h3,5,7,12-13,15H,4,6,8-9H2,1-2H3,(H,17,18)/t12-,13+,15-/m0/s1. The summed E-state index contributed by atoms with van der Waals surface area (Å²) in [5, 5.41) is 3.23. The van der Waals surface area contributed by atoms with Crippen molar-refractivity contribution in [2.24, 2.45) is 11.8 Å². The van der Waals surface area contributed by atoms with E-state index in [1.165, 1.54) is 36.8 Å². The maximum absolute atomic E-state index is 12.2. The third kappa shape index (κ3) is 2.05. The van der Waals surface area contributed by atoms with Crippen LogP contribution in [0.1, 0.15) is 47.2 Å². The fraction of sp³-hybridized carbons (Fsp3) is 0.562. The van der Waals surface area contributed by atoms with Crippen molar-refractivity contribution in [3.05, 3.63) is 34.9 Å². The highest BCUT2D eigenvalue weighted by Crippen LogP contribution is 2.44. The van der Waals surface area contributed by atoms with Crippen molar-refractivity contribution in [3.8, 4) is 0 Å². The zero-order valence-corrected chi connectivity index (χ0v) is 11.2. The molecule has 1 N–H and O–H groups in total. The van der Waals surface area contributed by atoms with Crippen LogP contribution in [0.25, 0.3) is 0 Å². The van der Waals surface area contributed by atoms with E-state index in [0.717, 1.165) is 17.4 Å². The molecule has 0 saturated heterocycles. The van der Waals surface area contributed by atoms with Gasteiger partial charge in [-0.1, -0.05) is 12.5 Å². The smallest absolute Gasteiger partial charge is 0.251 e. The van der Waals surface area contributed by atoms with Crippen LogP contribution in [0, 0.1) is 25.7 Å². The number of rotatable bonds is 2. The molecule has 0 heterocycles. The summed E-state index contributed by atoms with van der Waals surface area (Å²) in [5.41, 5.74) is 3.24.